The molecule has 1 saturated carbocycles. The fraction of sp³-hybridized carbons (Fsp3) is 0.818. The van der Waals surface area contributed by atoms with Crippen molar-refractivity contribution < 1.29 is 0 Å². The van der Waals surface area contributed by atoms with Crippen molar-refractivity contribution in [3.8, 4) is 12.3 Å². The van der Waals surface area contributed by atoms with Crippen LogP contribution in [0.5, 0.6) is 0 Å². The summed E-state index contributed by atoms with van der Waals surface area (Å²) in [6.07, 6.45) is 10.7. The average molecular weight is 150 g/mol. The largest absolute Gasteiger partial charge is 0.120 e. The van der Waals surface area contributed by atoms with E-state index in [1.165, 1.54) is 25.7 Å². The Labute approximate surface area is 70.4 Å². The van der Waals surface area contributed by atoms with Gasteiger partial charge in [0.05, 0.1) is 0 Å². The lowest BCUT2D eigenvalue weighted by molar-refractivity contribution is 0.227. The second-order valence-corrected chi connectivity index (χ2v) is 3.86. The monoisotopic (exact) mass is 150 g/mol. The number of hydrogen-bond acceptors (Lipinski definition) is 0. The van der Waals surface area contributed by atoms with Crippen LogP contribution in [0.2, 0.25) is 0 Å². The Bertz CT molecular complexity index is 152. The van der Waals surface area contributed by atoms with Gasteiger partial charge in [-0.05, 0) is 31.1 Å². The first kappa shape index (κ1) is 8.65. The standard InChI is InChI=1S/C11H18/c1-4-10-7-6-9(3)8-11(10)5-2/h1,9-11H,5-8H2,2-3H3. The minimum Gasteiger partial charge on any atom is -0.120 e. The molecule has 1 aliphatic rings. The normalized spacial score (nSPS) is 38.1. The molecule has 0 spiro atoms. The van der Waals surface area contributed by atoms with Crippen molar-refractivity contribution in [1.82, 2.24) is 0 Å². The van der Waals surface area contributed by atoms with Crippen LogP contribution in [0.3, 0.4) is 0 Å². The van der Waals surface area contributed by atoms with Crippen LogP contribution in [0, 0.1) is 30.1 Å². The molecule has 0 aliphatic heterocycles. The maximum absolute atomic E-state index is 5.46. The van der Waals surface area contributed by atoms with Gasteiger partial charge in [-0.1, -0.05) is 20.3 Å². The molecule has 11 heavy (non-hydrogen) atoms. The Morgan fingerprint density at radius 1 is 1.45 bits per heavy atom. The molecule has 0 aromatic heterocycles. The van der Waals surface area contributed by atoms with E-state index in [2.05, 4.69) is 19.8 Å². The second-order valence-electron chi connectivity index (χ2n) is 3.86. The maximum atomic E-state index is 5.46. The van der Waals surface area contributed by atoms with Crippen molar-refractivity contribution in [3.05, 3.63) is 0 Å². The molecule has 3 atom stereocenters. The highest BCUT2D eigenvalue weighted by Crippen LogP contribution is 2.34. The van der Waals surface area contributed by atoms with Crippen LogP contribution in [0.1, 0.15) is 39.5 Å². The molecule has 0 N–H and O–H groups in total. The molecular weight excluding hydrogens is 132 g/mol. The smallest absolute Gasteiger partial charge is 0.0228 e. The topological polar surface area (TPSA) is 0 Å². The van der Waals surface area contributed by atoms with Crippen LogP contribution in [0.15, 0.2) is 0 Å². The maximum Gasteiger partial charge on any atom is 0.0228 e. The van der Waals surface area contributed by atoms with Crippen LogP contribution in [-0.4, -0.2) is 0 Å². The Hall–Kier alpha value is -0.440. The molecule has 1 fully saturated rings. The van der Waals surface area contributed by atoms with Crippen LogP contribution in [0.4, 0.5) is 0 Å². The van der Waals surface area contributed by atoms with E-state index >= 15 is 0 Å². The first-order valence-electron chi connectivity index (χ1n) is 4.74. The van der Waals surface area contributed by atoms with Gasteiger partial charge in [0.25, 0.3) is 0 Å². The zero-order valence-electron chi connectivity index (χ0n) is 7.64. The highest BCUT2D eigenvalue weighted by atomic mass is 14.3. The van der Waals surface area contributed by atoms with Crippen LogP contribution < -0.4 is 0 Å². The summed E-state index contributed by atoms with van der Waals surface area (Å²) >= 11 is 0. The zero-order valence-corrected chi connectivity index (χ0v) is 7.64. The summed E-state index contributed by atoms with van der Waals surface area (Å²) in [5.41, 5.74) is 0. The zero-order chi connectivity index (χ0) is 8.27. The Kier molecular flexibility index (Phi) is 3.00. The summed E-state index contributed by atoms with van der Waals surface area (Å²) in [7, 11) is 0. The van der Waals surface area contributed by atoms with Crippen molar-refractivity contribution in [1.29, 1.82) is 0 Å². The lowest BCUT2D eigenvalue weighted by Gasteiger charge is -2.31. The quantitative estimate of drug-likeness (QED) is 0.504. The van der Waals surface area contributed by atoms with E-state index in [0.29, 0.717) is 5.92 Å². The van der Waals surface area contributed by atoms with Gasteiger partial charge in [0.15, 0.2) is 0 Å². The second kappa shape index (κ2) is 3.81. The summed E-state index contributed by atoms with van der Waals surface area (Å²) < 4.78 is 0. The predicted octanol–water partition coefficient (Wildman–Crippen LogP) is 3.08. The van der Waals surface area contributed by atoms with E-state index in [9.17, 15) is 0 Å². The van der Waals surface area contributed by atoms with Gasteiger partial charge < -0.3 is 0 Å². The number of terminal acetylenes is 1. The SMILES string of the molecule is C#CC1CCC(C)CC1CC. The molecule has 0 heterocycles. The molecule has 62 valence electrons. The van der Waals surface area contributed by atoms with E-state index in [1.807, 2.05) is 0 Å². The van der Waals surface area contributed by atoms with Gasteiger partial charge in [-0.2, -0.15) is 0 Å². The van der Waals surface area contributed by atoms with E-state index in [0.717, 1.165) is 11.8 Å². The van der Waals surface area contributed by atoms with Crippen LogP contribution >= 0.6 is 0 Å². The summed E-state index contributed by atoms with van der Waals surface area (Å²) in [6, 6.07) is 0. The summed E-state index contributed by atoms with van der Waals surface area (Å²) in [6.45, 7) is 4.60. The fourth-order valence-electron chi connectivity index (χ4n) is 2.17. The van der Waals surface area contributed by atoms with Crippen LogP contribution in [-0.2, 0) is 0 Å². The predicted molar refractivity (Wildman–Crippen MR) is 49.1 cm³/mol. The van der Waals surface area contributed by atoms with E-state index < -0.39 is 0 Å². The highest BCUT2D eigenvalue weighted by molar-refractivity contribution is 4.98. The third-order valence-electron chi connectivity index (χ3n) is 2.98. The van der Waals surface area contributed by atoms with Crippen molar-refractivity contribution in [2.24, 2.45) is 17.8 Å². The van der Waals surface area contributed by atoms with Gasteiger partial charge in [0, 0.05) is 5.92 Å². The lowest BCUT2D eigenvalue weighted by Crippen LogP contribution is -2.21. The first-order chi connectivity index (χ1) is 5.27. The third-order valence-corrected chi connectivity index (χ3v) is 2.98. The van der Waals surface area contributed by atoms with E-state index in [1.54, 1.807) is 0 Å². The molecule has 1 rings (SSSR count). The molecule has 3 unspecified atom stereocenters. The van der Waals surface area contributed by atoms with Gasteiger partial charge in [-0.3, -0.25) is 0 Å². The summed E-state index contributed by atoms with van der Waals surface area (Å²) in [5, 5.41) is 0. The van der Waals surface area contributed by atoms with E-state index in [4.69, 9.17) is 6.42 Å². The highest BCUT2D eigenvalue weighted by Gasteiger charge is 2.25. The Morgan fingerprint density at radius 3 is 2.73 bits per heavy atom. The molecule has 0 amide bonds. The molecule has 0 nitrogen and oxygen atoms in total. The molecule has 0 bridgehead atoms. The molecule has 1 aliphatic carbocycles. The summed E-state index contributed by atoms with van der Waals surface area (Å²) in [5.74, 6) is 5.22. The van der Waals surface area contributed by atoms with Crippen molar-refractivity contribution in [2.75, 3.05) is 0 Å². The van der Waals surface area contributed by atoms with Gasteiger partial charge >= 0.3 is 0 Å². The minimum atomic E-state index is 0.580. The summed E-state index contributed by atoms with van der Waals surface area (Å²) in [4.78, 5) is 0. The number of rotatable bonds is 1. The molecular formula is C11H18. The molecule has 0 aromatic rings. The fourth-order valence-corrected chi connectivity index (χ4v) is 2.17. The third kappa shape index (κ3) is 1.99. The van der Waals surface area contributed by atoms with Crippen molar-refractivity contribution in [2.45, 2.75) is 39.5 Å². The molecule has 0 heteroatoms. The van der Waals surface area contributed by atoms with Gasteiger partial charge in [-0.25, -0.2) is 0 Å². The average Bonchev–Trinajstić information content (AvgIpc) is 2.04. The number of hydrogen-bond donors (Lipinski definition) is 0. The van der Waals surface area contributed by atoms with Crippen LogP contribution in [0.25, 0.3) is 0 Å². The van der Waals surface area contributed by atoms with Gasteiger partial charge in [0.1, 0.15) is 0 Å². The van der Waals surface area contributed by atoms with Gasteiger partial charge in [-0.15, -0.1) is 12.3 Å². The Balaban J connectivity index is 2.50. The lowest BCUT2D eigenvalue weighted by atomic mass is 9.74. The molecule has 0 aromatic carbocycles. The van der Waals surface area contributed by atoms with Crippen molar-refractivity contribution in [3.63, 3.8) is 0 Å². The molecule has 0 radical (unpaired) electrons. The Morgan fingerprint density at radius 2 is 2.18 bits per heavy atom. The first-order valence-corrected chi connectivity index (χ1v) is 4.74. The van der Waals surface area contributed by atoms with E-state index in [-0.39, 0.29) is 0 Å². The van der Waals surface area contributed by atoms with Gasteiger partial charge in [0.2, 0.25) is 0 Å². The van der Waals surface area contributed by atoms with Crippen molar-refractivity contribution >= 4 is 0 Å². The minimum absolute atomic E-state index is 0.580. The molecule has 0 saturated heterocycles.